The van der Waals surface area contributed by atoms with Gasteiger partial charge in [0.2, 0.25) is 11.8 Å². The average Bonchev–Trinajstić information content (AvgIpc) is 2.32. The number of hydrogen-bond acceptors (Lipinski definition) is 2. The van der Waals surface area contributed by atoms with Crippen molar-refractivity contribution in [3.63, 3.8) is 0 Å². The molecule has 0 radical (unpaired) electrons. The predicted octanol–water partition coefficient (Wildman–Crippen LogP) is 1.89. The van der Waals surface area contributed by atoms with E-state index in [4.69, 9.17) is 11.6 Å². The van der Waals surface area contributed by atoms with Gasteiger partial charge in [0.1, 0.15) is 12.1 Å². The Morgan fingerprint density at radius 2 is 2.11 bits per heavy atom. The Hall–Kier alpha value is -1.03. The van der Waals surface area contributed by atoms with Crippen LogP contribution < -0.4 is 5.32 Å². The second-order valence-electron chi connectivity index (χ2n) is 4.89. The minimum atomic E-state index is -0.422. The molecular formula is C13H21ClN2O2. The minimum Gasteiger partial charge on any atom is -0.342 e. The maximum Gasteiger partial charge on any atom is 0.246 e. The van der Waals surface area contributed by atoms with E-state index in [9.17, 15) is 9.59 Å². The molecule has 1 saturated heterocycles. The Kier molecular flexibility index (Phi) is 5.66. The highest BCUT2D eigenvalue weighted by Crippen LogP contribution is 2.18. The zero-order chi connectivity index (χ0) is 13.7. The summed E-state index contributed by atoms with van der Waals surface area (Å²) in [4.78, 5) is 26.0. The van der Waals surface area contributed by atoms with E-state index in [2.05, 4.69) is 5.32 Å². The zero-order valence-corrected chi connectivity index (χ0v) is 11.9. The second-order valence-corrected chi connectivity index (χ2v) is 5.14. The Bertz CT molecular complexity index is 342. The summed E-state index contributed by atoms with van der Waals surface area (Å²) < 4.78 is 0. The van der Waals surface area contributed by atoms with Gasteiger partial charge in [-0.05, 0) is 12.3 Å². The fourth-order valence-corrected chi connectivity index (χ4v) is 2.25. The van der Waals surface area contributed by atoms with E-state index < -0.39 is 6.04 Å². The van der Waals surface area contributed by atoms with Gasteiger partial charge in [0.05, 0.1) is 0 Å². The van der Waals surface area contributed by atoms with Crippen molar-refractivity contribution in [2.24, 2.45) is 5.92 Å². The lowest BCUT2D eigenvalue weighted by Gasteiger charge is -2.39. The van der Waals surface area contributed by atoms with Gasteiger partial charge >= 0.3 is 0 Å². The summed E-state index contributed by atoms with van der Waals surface area (Å²) in [6, 6.07) is -0.792. The van der Waals surface area contributed by atoms with Crippen LogP contribution in [0.1, 0.15) is 33.6 Å². The van der Waals surface area contributed by atoms with Gasteiger partial charge in [-0.25, -0.2) is 0 Å². The molecule has 2 amide bonds. The molecule has 0 spiro atoms. The van der Waals surface area contributed by atoms with E-state index >= 15 is 0 Å². The van der Waals surface area contributed by atoms with E-state index in [1.54, 1.807) is 11.0 Å². The van der Waals surface area contributed by atoms with Crippen LogP contribution in [0.2, 0.25) is 0 Å². The van der Waals surface area contributed by atoms with E-state index in [-0.39, 0.29) is 23.8 Å². The maximum atomic E-state index is 12.3. The molecular weight excluding hydrogens is 252 g/mol. The molecule has 0 aliphatic carbocycles. The molecule has 1 aliphatic heterocycles. The number of nitrogens with one attached hydrogen (secondary N) is 1. The topological polar surface area (TPSA) is 49.4 Å². The first kappa shape index (κ1) is 15.0. The van der Waals surface area contributed by atoms with Gasteiger partial charge in [-0.15, -0.1) is 0 Å². The summed E-state index contributed by atoms with van der Waals surface area (Å²) in [5.74, 6) is 0.0162. The number of halogens is 1. The van der Waals surface area contributed by atoms with Crippen LogP contribution in [0.5, 0.6) is 0 Å². The first-order valence-corrected chi connectivity index (χ1v) is 6.82. The number of hydrogen-bond donors (Lipinski definition) is 1. The lowest BCUT2D eigenvalue weighted by atomic mass is 9.96. The number of carbonyl (C=O) groups excluding carboxylic acids is 2. The molecule has 102 valence electrons. The van der Waals surface area contributed by atoms with Crippen molar-refractivity contribution in [2.45, 2.75) is 45.7 Å². The Balaban J connectivity index is 2.92. The van der Waals surface area contributed by atoms with E-state index in [0.29, 0.717) is 13.0 Å². The highest BCUT2D eigenvalue weighted by molar-refractivity contribution is 6.25. The summed E-state index contributed by atoms with van der Waals surface area (Å²) in [6.07, 6.45) is 3.23. The molecule has 0 bridgehead atoms. The predicted molar refractivity (Wildman–Crippen MR) is 72.2 cm³/mol. The standard InChI is InChI=1S/C13H21ClN2O2/c1-4-6-10-12(17)15-11(9(2)3)13(18)16(10)8-5-7-14/h5,7,9-11H,4,6,8H2,1-3H3,(H,15,17)/b7-5+. The number of carbonyl (C=O) groups is 2. The van der Waals surface area contributed by atoms with Crippen LogP contribution in [0.15, 0.2) is 11.6 Å². The van der Waals surface area contributed by atoms with E-state index in [1.165, 1.54) is 5.54 Å². The van der Waals surface area contributed by atoms with Gasteiger partial charge in [-0.2, -0.15) is 0 Å². The third kappa shape index (κ3) is 3.25. The van der Waals surface area contributed by atoms with Crippen molar-refractivity contribution < 1.29 is 9.59 Å². The molecule has 5 heteroatoms. The summed E-state index contributed by atoms with van der Waals surface area (Å²) in [5.41, 5.74) is 1.38. The first-order valence-electron chi connectivity index (χ1n) is 6.39. The van der Waals surface area contributed by atoms with Crippen LogP contribution in [0.4, 0.5) is 0 Å². The molecule has 2 atom stereocenters. The Labute approximate surface area is 113 Å². The highest BCUT2D eigenvalue weighted by atomic mass is 35.5. The normalized spacial score (nSPS) is 25.1. The molecule has 0 aromatic carbocycles. The van der Waals surface area contributed by atoms with Gasteiger partial charge in [-0.1, -0.05) is 44.9 Å². The van der Waals surface area contributed by atoms with Gasteiger partial charge in [0.25, 0.3) is 0 Å². The Morgan fingerprint density at radius 1 is 1.44 bits per heavy atom. The lowest BCUT2D eigenvalue weighted by molar-refractivity contribution is -0.150. The molecule has 1 fully saturated rings. The molecule has 1 rings (SSSR count). The fraction of sp³-hybridized carbons (Fsp3) is 0.692. The van der Waals surface area contributed by atoms with E-state index in [0.717, 1.165) is 6.42 Å². The molecule has 0 aromatic heterocycles. The third-order valence-corrected chi connectivity index (χ3v) is 3.32. The molecule has 18 heavy (non-hydrogen) atoms. The number of amides is 2. The Morgan fingerprint density at radius 3 is 2.61 bits per heavy atom. The largest absolute Gasteiger partial charge is 0.342 e. The van der Waals surface area contributed by atoms with Crippen molar-refractivity contribution in [3.8, 4) is 0 Å². The van der Waals surface area contributed by atoms with Crippen molar-refractivity contribution >= 4 is 23.4 Å². The number of rotatable bonds is 5. The van der Waals surface area contributed by atoms with Crippen molar-refractivity contribution in [3.05, 3.63) is 11.6 Å². The SMILES string of the molecule is CCCC1C(=O)NC(C(C)C)C(=O)N1C/C=C/Cl. The van der Waals surface area contributed by atoms with Crippen LogP contribution in [0.3, 0.4) is 0 Å². The molecule has 2 unspecified atom stereocenters. The van der Waals surface area contributed by atoms with Crippen LogP contribution in [0, 0.1) is 5.92 Å². The lowest BCUT2D eigenvalue weighted by Crippen LogP contribution is -2.64. The van der Waals surface area contributed by atoms with E-state index in [1.807, 2.05) is 20.8 Å². The molecule has 1 heterocycles. The molecule has 1 aliphatic rings. The van der Waals surface area contributed by atoms with Crippen molar-refractivity contribution in [1.29, 1.82) is 0 Å². The summed E-state index contributed by atoms with van der Waals surface area (Å²) in [6.45, 7) is 6.25. The summed E-state index contributed by atoms with van der Waals surface area (Å²) in [7, 11) is 0. The monoisotopic (exact) mass is 272 g/mol. The van der Waals surface area contributed by atoms with Gasteiger partial charge in [0.15, 0.2) is 0 Å². The van der Waals surface area contributed by atoms with Gasteiger partial charge < -0.3 is 10.2 Å². The number of piperazine rings is 1. The van der Waals surface area contributed by atoms with Crippen molar-refractivity contribution in [2.75, 3.05) is 6.54 Å². The smallest absolute Gasteiger partial charge is 0.246 e. The molecule has 1 N–H and O–H groups in total. The van der Waals surface area contributed by atoms with Crippen molar-refractivity contribution in [1.82, 2.24) is 10.2 Å². The molecule has 0 saturated carbocycles. The fourth-order valence-electron chi connectivity index (χ4n) is 2.17. The summed E-state index contributed by atoms with van der Waals surface area (Å²) in [5, 5.41) is 2.82. The van der Waals surface area contributed by atoms with Crippen LogP contribution in [0.25, 0.3) is 0 Å². The quantitative estimate of drug-likeness (QED) is 0.831. The molecule has 4 nitrogen and oxygen atoms in total. The third-order valence-electron chi connectivity index (χ3n) is 3.15. The van der Waals surface area contributed by atoms with Crippen LogP contribution in [-0.4, -0.2) is 35.3 Å². The average molecular weight is 273 g/mol. The van der Waals surface area contributed by atoms with Gasteiger partial charge in [-0.3, -0.25) is 9.59 Å². The van der Waals surface area contributed by atoms with Crippen LogP contribution >= 0.6 is 11.6 Å². The maximum absolute atomic E-state index is 12.3. The van der Waals surface area contributed by atoms with Gasteiger partial charge in [0, 0.05) is 12.1 Å². The first-order chi connectivity index (χ1) is 8.52. The molecule has 0 aromatic rings. The highest BCUT2D eigenvalue weighted by Gasteiger charge is 2.40. The summed E-state index contributed by atoms with van der Waals surface area (Å²) >= 11 is 5.51. The van der Waals surface area contributed by atoms with Crippen LogP contribution in [-0.2, 0) is 9.59 Å². The number of nitrogens with zero attached hydrogens (tertiary/aromatic N) is 1. The zero-order valence-electron chi connectivity index (χ0n) is 11.1. The minimum absolute atomic E-state index is 0.0159. The second kappa shape index (κ2) is 6.78.